The van der Waals surface area contributed by atoms with Gasteiger partial charge in [-0.15, -0.1) is 0 Å². The molecule has 2 N–H and O–H groups in total. The van der Waals surface area contributed by atoms with Gasteiger partial charge >= 0.3 is 5.97 Å². The minimum absolute atomic E-state index is 0.0135. The Kier molecular flexibility index (Phi) is 4.09. The highest BCUT2D eigenvalue weighted by molar-refractivity contribution is 5.86. The molecule has 5 heteroatoms. The number of nitrogens with zero attached hydrogens (tertiary/aromatic N) is 1. The fraction of sp³-hybridized carbons (Fsp3) is 0.545. The molecule has 90 valence electrons. The predicted octanol–water partition coefficient (Wildman–Crippen LogP) is 1.10. The van der Waals surface area contributed by atoms with Gasteiger partial charge in [0.25, 0.3) is 0 Å². The van der Waals surface area contributed by atoms with Crippen LogP contribution in [0.15, 0.2) is 10.5 Å². The van der Waals surface area contributed by atoms with Gasteiger partial charge < -0.3 is 14.6 Å². The molecule has 0 aliphatic rings. The first-order chi connectivity index (χ1) is 7.40. The van der Waals surface area contributed by atoms with Gasteiger partial charge in [-0.05, 0) is 27.0 Å². The van der Waals surface area contributed by atoms with Crippen molar-refractivity contribution in [2.24, 2.45) is 0 Å². The van der Waals surface area contributed by atoms with Gasteiger partial charge in [0.15, 0.2) is 0 Å². The Morgan fingerprint density at radius 3 is 2.69 bits per heavy atom. The number of likely N-dealkylation sites (N-methyl/N-ethyl adjacent to an activating group) is 1. The van der Waals surface area contributed by atoms with Crippen molar-refractivity contribution in [2.45, 2.75) is 26.5 Å². The number of carbonyl (C=O) groups is 1. The number of aryl methyl sites for hydroxylation is 1. The van der Waals surface area contributed by atoms with Crippen LogP contribution >= 0.6 is 0 Å². The third kappa shape index (κ3) is 3.36. The third-order valence-corrected chi connectivity index (χ3v) is 2.16. The Labute approximate surface area is 94.3 Å². The van der Waals surface area contributed by atoms with Gasteiger partial charge in [-0.2, -0.15) is 0 Å². The van der Waals surface area contributed by atoms with E-state index in [1.54, 1.807) is 19.9 Å². The Morgan fingerprint density at radius 1 is 1.62 bits per heavy atom. The summed E-state index contributed by atoms with van der Waals surface area (Å²) >= 11 is 0. The van der Waals surface area contributed by atoms with Crippen molar-refractivity contribution < 1.29 is 19.4 Å². The Balaban J connectivity index is 2.68. The zero-order chi connectivity index (χ0) is 12.3. The van der Waals surface area contributed by atoms with Crippen LogP contribution < -0.4 is 0 Å². The second kappa shape index (κ2) is 5.14. The zero-order valence-electron chi connectivity index (χ0n) is 9.73. The van der Waals surface area contributed by atoms with E-state index in [-0.39, 0.29) is 5.76 Å². The summed E-state index contributed by atoms with van der Waals surface area (Å²) in [6.07, 6.45) is -0.417. The first kappa shape index (κ1) is 12.7. The van der Waals surface area contributed by atoms with Crippen LogP contribution in [0.4, 0.5) is 0 Å². The molecular formula is C11H17NO4. The summed E-state index contributed by atoms with van der Waals surface area (Å²) in [5.41, 5.74) is 0.618. The van der Waals surface area contributed by atoms with Gasteiger partial charge in [-0.3, -0.25) is 4.90 Å². The highest BCUT2D eigenvalue weighted by Gasteiger charge is 2.15. The van der Waals surface area contributed by atoms with E-state index in [4.69, 9.17) is 9.52 Å². The first-order valence-electron chi connectivity index (χ1n) is 5.09. The van der Waals surface area contributed by atoms with E-state index in [9.17, 15) is 9.90 Å². The maximum atomic E-state index is 10.8. The number of aliphatic hydroxyl groups is 1. The standard InChI is InChI=1S/C11H17NO4/c1-7-4-9(16-10(7)11(14)15)6-12(3)5-8(2)13/h4,8,13H,5-6H2,1-3H3,(H,14,15). The number of carboxylic acid groups (broad SMARTS) is 1. The van der Waals surface area contributed by atoms with Gasteiger partial charge in [0, 0.05) is 12.1 Å². The summed E-state index contributed by atoms with van der Waals surface area (Å²) in [6, 6.07) is 1.71. The predicted molar refractivity (Wildman–Crippen MR) is 58.4 cm³/mol. The molecule has 0 aliphatic heterocycles. The summed E-state index contributed by atoms with van der Waals surface area (Å²) in [6.45, 7) is 4.40. The molecule has 1 aromatic rings. The molecule has 0 fully saturated rings. The highest BCUT2D eigenvalue weighted by Crippen LogP contribution is 2.15. The van der Waals surface area contributed by atoms with E-state index in [1.165, 1.54) is 0 Å². The van der Waals surface area contributed by atoms with Crippen molar-refractivity contribution >= 4 is 5.97 Å². The first-order valence-corrected chi connectivity index (χ1v) is 5.09. The number of rotatable bonds is 5. The zero-order valence-corrected chi connectivity index (χ0v) is 9.73. The molecule has 5 nitrogen and oxygen atoms in total. The Bertz CT molecular complexity index is 370. The largest absolute Gasteiger partial charge is 0.475 e. The fourth-order valence-corrected chi connectivity index (χ4v) is 1.62. The molecule has 0 radical (unpaired) electrons. The molecule has 0 aromatic carbocycles. The minimum atomic E-state index is -1.05. The highest BCUT2D eigenvalue weighted by atomic mass is 16.4. The van der Waals surface area contributed by atoms with Crippen molar-refractivity contribution in [3.63, 3.8) is 0 Å². The summed E-state index contributed by atoms with van der Waals surface area (Å²) in [7, 11) is 1.84. The quantitative estimate of drug-likeness (QED) is 0.788. The lowest BCUT2D eigenvalue weighted by Crippen LogP contribution is -2.26. The van der Waals surface area contributed by atoms with Gasteiger partial charge in [-0.25, -0.2) is 4.79 Å². The lowest BCUT2D eigenvalue weighted by Gasteiger charge is -2.16. The number of hydrogen-bond donors (Lipinski definition) is 2. The second-order valence-electron chi connectivity index (χ2n) is 4.08. The van der Waals surface area contributed by atoms with E-state index in [0.717, 1.165) is 0 Å². The number of aromatic carboxylic acids is 1. The second-order valence-corrected chi connectivity index (χ2v) is 4.08. The number of carboxylic acids is 1. The van der Waals surface area contributed by atoms with Crippen LogP contribution in [0.25, 0.3) is 0 Å². The molecule has 0 spiro atoms. The molecule has 1 unspecified atom stereocenters. The molecule has 16 heavy (non-hydrogen) atoms. The van der Waals surface area contributed by atoms with Crippen molar-refractivity contribution in [3.05, 3.63) is 23.2 Å². The molecule has 1 aromatic heterocycles. The average molecular weight is 227 g/mol. The Hall–Kier alpha value is -1.33. The van der Waals surface area contributed by atoms with E-state index < -0.39 is 12.1 Å². The molecule has 0 saturated heterocycles. The van der Waals surface area contributed by atoms with Crippen molar-refractivity contribution in [1.29, 1.82) is 0 Å². The van der Waals surface area contributed by atoms with Crippen molar-refractivity contribution in [1.82, 2.24) is 4.90 Å². The van der Waals surface area contributed by atoms with Crippen LogP contribution in [0.3, 0.4) is 0 Å². The summed E-state index contributed by atoms with van der Waals surface area (Å²) in [5.74, 6) is -0.472. The molecule has 0 aliphatic carbocycles. The SMILES string of the molecule is Cc1cc(CN(C)CC(C)O)oc1C(=O)O. The van der Waals surface area contributed by atoms with Crippen LogP contribution in [-0.2, 0) is 6.54 Å². The molecule has 0 saturated carbocycles. The van der Waals surface area contributed by atoms with Gasteiger partial charge in [0.05, 0.1) is 12.6 Å². The van der Waals surface area contributed by atoms with Crippen molar-refractivity contribution in [3.8, 4) is 0 Å². The molecule has 0 amide bonds. The van der Waals surface area contributed by atoms with Crippen LogP contribution in [0.1, 0.15) is 28.8 Å². The maximum absolute atomic E-state index is 10.8. The van der Waals surface area contributed by atoms with Crippen molar-refractivity contribution in [2.75, 3.05) is 13.6 Å². The molecule has 1 rings (SSSR count). The number of hydrogen-bond acceptors (Lipinski definition) is 4. The molecule has 0 bridgehead atoms. The maximum Gasteiger partial charge on any atom is 0.372 e. The summed E-state index contributed by atoms with van der Waals surface area (Å²) in [5, 5.41) is 18.0. The van der Waals surface area contributed by atoms with Crippen LogP contribution in [0.2, 0.25) is 0 Å². The molecular weight excluding hydrogens is 210 g/mol. The topological polar surface area (TPSA) is 73.9 Å². The summed E-state index contributed by atoms with van der Waals surface area (Å²) < 4.78 is 5.21. The Morgan fingerprint density at radius 2 is 2.25 bits per heavy atom. The van der Waals surface area contributed by atoms with E-state index >= 15 is 0 Å². The van der Waals surface area contributed by atoms with E-state index in [2.05, 4.69) is 0 Å². The van der Waals surface area contributed by atoms with Crippen LogP contribution in [-0.4, -0.2) is 40.8 Å². The normalized spacial score (nSPS) is 13.1. The number of aliphatic hydroxyl groups excluding tert-OH is 1. The molecule has 1 atom stereocenters. The van der Waals surface area contributed by atoms with E-state index in [1.807, 2.05) is 11.9 Å². The van der Waals surface area contributed by atoms with Gasteiger partial charge in [0.2, 0.25) is 5.76 Å². The average Bonchev–Trinajstić information content (AvgIpc) is 2.44. The monoisotopic (exact) mass is 227 g/mol. The lowest BCUT2D eigenvalue weighted by atomic mass is 10.2. The summed E-state index contributed by atoms with van der Waals surface area (Å²) in [4.78, 5) is 12.6. The minimum Gasteiger partial charge on any atom is -0.475 e. The fourth-order valence-electron chi connectivity index (χ4n) is 1.62. The smallest absolute Gasteiger partial charge is 0.372 e. The van der Waals surface area contributed by atoms with Gasteiger partial charge in [-0.1, -0.05) is 0 Å². The van der Waals surface area contributed by atoms with Gasteiger partial charge in [0.1, 0.15) is 5.76 Å². The van der Waals surface area contributed by atoms with Crippen LogP contribution in [0.5, 0.6) is 0 Å². The molecule has 1 heterocycles. The van der Waals surface area contributed by atoms with E-state index in [0.29, 0.717) is 24.4 Å². The van der Waals surface area contributed by atoms with Crippen LogP contribution in [0, 0.1) is 6.92 Å². The lowest BCUT2D eigenvalue weighted by molar-refractivity contribution is 0.0656. The number of furan rings is 1. The third-order valence-electron chi connectivity index (χ3n) is 2.16.